The highest BCUT2D eigenvalue weighted by Gasteiger charge is 2.23. The lowest BCUT2D eigenvalue weighted by molar-refractivity contribution is 0.149. The van der Waals surface area contributed by atoms with Crippen molar-refractivity contribution in [2.75, 3.05) is 12.4 Å². The monoisotopic (exact) mass is 238 g/mol. The van der Waals surface area contributed by atoms with Crippen LogP contribution in [0.5, 0.6) is 0 Å². The van der Waals surface area contributed by atoms with Crippen LogP contribution in [0.4, 0.5) is 0 Å². The van der Waals surface area contributed by atoms with Gasteiger partial charge >= 0.3 is 0 Å². The molecule has 0 aliphatic heterocycles. The lowest BCUT2D eigenvalue weighted by Gasteiger charge is -2.28. The van der Waals surface area contributed by atoms with E-state index in [0.29, 0.717) is 5.92 Å². The highest BCUT2D eigenvalue weighted by Crippen LogP contribution is 2.29. The molecule has 2 heteroatoms. The van der Waals surface area contributed by atoms with Crippen molar-refractivity contribution in [2.45, 2.75) is 26.5 Å². The molecular formula is C14H22OS. The van der Waals surface area contributed by atoms with Gasteiger partial charge < -0.3 is 5.11 Å². The Labute approximate surface area is 103 Å². The maximum absolute atomic E-state index is 9.35. The third-order valence-electron chi connectivity index (χ3n) is 2.88. The van der Waals surface area contributed by atoms with Gasteiger partial charge in [0.05, 0.1) is 0 Å². The summed E-state index contributed by atoms with van der Waals surface area (Å²) < 4.78 is 0. The van der Waals surface area contributed by atoms with E-state index in [0.717, 1.165) is 11.5 Å². The van der Waals surface area contributed by atoms with Gasteiger partial charge in [-0.3, -0.25) is 0 Å². The summed E-state index contributed by atoms with van der Waals surface area (Å²) >= 11 is 1.91. The molecule has 0 heterocycles. The fraction of sp³-hybridized carbons (Fsp3) is 0.571. The van der Waals surface area contributed by atoms with Crippen molar-refractivity contribution in [3.8, 4) is 0 Å². The zero-order chi connectivity index (χ0) is 12.0. The molecule has 0 aliphatic carbocycles. The van der Waals surface area contributed by atoms with E-state index in [1.165, 1.54) is 5.56 Å². The average Bonchev–Trinajstić information content (AvgIpc) is 2.24. The van der Waals surface area contributed by atoms with Crippen LogP contribution in [0.2, 0.25) is 0 Å². The number of aliphatic hydroxyl groups is 1. The Morgan fingerprint density at radius 1 is 1.19 bits per heavy atom. The first kappa shape index (κ1) is 13.6. The largest absolute Gasteiger partial charge is 0.396 e. The van der Waals surface area contributed by atoms with Crippen molar-refractivity contribution < 1.29 is 5.11 Å². The lowest BCUT2D eigenvalue weighted by Crippen LogP contribution is -2.26. The fourth-order valence-electron chi connectivity index (χ4n) is 1.47. The van der Waals surface area contributed by atoms with Crippen molar-refractivity contribution in [1.82, 2.24) is 0 Å². The van der Waals surface area contributed by atoms with Crippen molar-refractivity contribution in [3.63, 3.8) is 0 Å². The third kappa shape index (κ3) is 4.58. The molecule has 0 bridgehead atoms. The number of hydrogen-bond donors (Lipinski definition) is 1. The van der Waals surface area contributed by atoms with Gasteiger partial charge in [0.1, 0.15) is 0 Å². The van der Waals surface area contributed by atoms with Gasteiger partial charge in [-0.1, -0.05) is 51.1 Å². The summed E-state index contributed by atoms with van der Waals surface area (Å²) in [6.45, 7) is 6.86. The lowest BCUT2D eigenvalue weighted by atomic mass is 9.83. The first-order valence-corrected chi connectivity index (χ1v) is 6.92. The third-order valence-corrected chi connectivity index (χ3v) is 4.05. The van der Waals surface area contributed by atoms with Gasteiger partial charge in [-0.25, -0.2) is 0 Å². The topological polar surface area (TPSA) is 20.2 Å². The highest BCUT2D eigenvalue weighted by atomic mass is 32.2. The summed E-state index contributed by atoms with van der Waals surface area (Å²) in [5.74, 6) is 2.43. The number of rotatable bonds is 5. The van der Waals surface area contributed by atoms with Crippen LogP contribution in [0.1, 0.15) is 26.3 Å². The molecule has 90 valence electrons. The number of hydrogen-bond acceptors (Lipinski definition) is 2. The van der Waals surface area contributed by atoms with Crippen LogP contribution in [0.3, 0.4) is 0 Å². The number of benzene rings is 1. The van der Waals surface area contributed by atoms with E-state index in [-0.39, 0.29) is 12.0 Å². The predicted molar refractivity (Wildman–Crippen MR) is 72.6 cm³/mol. The van der Waals surface area contributed by atoms with E-state index in [4.69, 9.17) is 0 Å². The summed E-state index contributed by atoms with van der Waals surface area (Å²) in [4.78, 5) is 0. The Balaban J connectivity index is 2.35. The zero-order valence-corrected chi connectivity index (χ0v) is 11.3. The highest BCUT2D eigenvalue weighted by molar-refractivity contribution is 7.98. The zero-order valence-electron chi connectivity index (χ0n) is 10.4. The van der Waals surface area contributed by atoms with Crippen molar-refractivity contribution in [3.05, 3.63) is 35.9 Å². The van der Waals surface area contributed by atoms with Gasteiger partial charge in [0.25, 0.3) is 0 Å². The summed E-state index contributed by atoms with van der Waals surface area (Å²) in [5.41, 5.74) is 1.55. The van der Waals surface area contributed by atoms with Crippen molar-refractivity contribution in [1.29, 1.82) is 0 Å². The van der Waals surface area contributed by atoms with Crippen molar-refractivity contribution in [2.24, 2.45) is 11.3 Å². The van der Waals surface area contributed by atoms with Crippen LogP contribution >= 0.6 is 11.8 Å². The van der Waals surface area contributed by atoms with Crippen LogP contribution in [-0.4, -0.2) is 17.5 Å². The second-order valence-electron chi connectivity index (χ2n) is 5.25. The Morgan fingerprint density at radius 3 is 2.31 bits per heavy atom. The maximum Gasteiger partial charge on any atom is 0.0472 e. The molecule has 0 amide bonds. The minimum absolute atomic E-state index is 0.193. The quantitative estimate of drug-likeness (QED) is 0.846. The minimum atomic E-state index is 0.193. The molecule has 0 saturated heterocycles. The molecule has 1 aromatic rings. The van der Waals surface area contributed by atoms with Crippen LogP contribution in [0.25, 0.3) is 0 Å². The standard InChI is InChI=1S/C14H22OS/c1-14(2,3)13(9-15)11-16-10-12-7-5-4-6-8-12/h4-8,13,15H,9-11H2,1-3H3. The molecule has 1 unspecified atom stereocenters. The van der Waals surface area contributed by atoms with E-state index in [1.54, 1.807) is 0 Å². The summed E-state index contributed by atoms with van der Waals surface area (Å²) in [7, 11) is 0. The SMILES string of the molecule is CC(C)(C)C(CO)CSCc1ccccc1. The van der Waals surface area contributed by atoms with Crippen LogP contribution in [0, 0.1) is 11.3 Å². The molecule has 1 aromatic carbocycles. The normalized spacial score (nSPS) is 13.8. The molecule has 0 fully saturated rings. The van der Waals surface area contributed by atoms with E-state index in [1.807, 2.05) is 17.8 Å². The smallest absolute Gasteiger partial charge is 0.0472 e. The molecule has 16 heavy (non-hydrogen) atoms. The van der Waals surface area contributed by atoms with E-state index in [9.17, 15) is 5.11 Å². The maximum atomic E-state index is 9.35. The van der Waals surface area contributed by atoms with Crippen molar-refractivity contribution >= 4 is 11.8 Å². The molecule has 0 aliphatic rings. The second-order valence-corrected chi connectivity index (χ2v) is 6.28. The Morgan fingerprint density at radius 2 is 1.81 bits per heavy atom. The summed E-state index contributed by atoms with van der Waals surface area (Å²) in [6, 6.07) is 10.5. The second kappa shape index (κ2) is 6.31. The molecular weight excluding hydrogens is 216 g/mol. The first-order chi connectivity index (χ1) is 7.54. The van der Waals surface area contributed by atoms with Crippen LogP contribution in [0.15, 0.2) is 30.3 Å². The molecule has 1 N–H and O–H groups in total. The van der Waals surface area contributed by atoms with Gasteiger partial charge in [-0.2, -0.15) is 11.8 Å². The van der Waals surface area contributed by atoms with E-state index < -0.39 is 0 Å². The molecule has 0 aromatic heterocycles. The molecule has 1 atom stereocenters. The Hall–Kier alpha value is -0.470. The van der Waals surface area contributed by atoms with E-state index in [2.05, 4.69) is 45.0 Å². The van der Waals surface area contributed by atoms with Crippen LogP contribution < -0.4 is 0 Å². The molecule has 0 spiro atoms. The average molecular weight is 238 g/mol. The van der Waals surface area contributed by atoms with Gasteiger partial charge in [0, 0.05) is 12.4 Å². The van der Waals surface area contributed by atoms with Crippen LogP contribution in [-0.2, 0) is 5.75 Å². The van der Waals surface area contributed by atoms with Gasteiger partial charge in [-0.05, 0) is 22.6 Å². The van der Waals surface area contributed by atoms with Gasteiger partial charge in [-0.15, -0.1) is 0 Å². The molecule has 0 saturated carbocycles. The number of aliphatic hydroxyl groups excluding tert-OH is 1. The first-order valence-electron chi connectivity index (χ1n) is 5.76. The van der Waals surface area contributed by atoms with Gasteiger partial charge in [0.15, 0.2) is 0 Å². The summed E-state index contributed by atoms with van der Waals surface area (Å²) in [6.07, 6.45) is 0. The number of thioether (sulfide) groups is 1. The summed E-state index contributed by atoms with van der Waals surface area (Å²) in [5, 5.41) is 9.35. The molecule has 0 radical (unpaired) electrons. The van der Waals surface area contributed by atoms with E-state index >= 15 is 0 Å². The molecule has 1 nitrogen and oxygen atoms in total. The van der Waals surface area contributed by atoms with Gasteiger partial charge in [0.2, 0.25) is 0 Å². The Bertz CT molecular complexity index is 289. The fourth-order valence-corrected chi connectivity index (χ4v) is 2.91. The Kier molecular flexibility index (Phi) is 5.36. The predicted octanol–water partition coefficient (Wildman–Crippen LogP) is 3.57. The minimum Gasteiger partial charge on any atom is -0.396 e. The molecule has 1 rings (SSSR count).